The number of nitrogens with one attached hydrogen (secondary N) is 1. The molecule has 0 saturated heterocycles. The maximum absolute atomic E-state index is 12.4. The monoisotopic (exact) mass is 286 g/mol. The summed E-state index contributed by atoms with van der Waals surface area (Å²) in [4.78, 5) is 14.3. The molecule has 0 spiro atoms. The van der Waals surface area contributed by atoms with Gasteiger partial charge >= 0.3 is 6.03 Å². The average molecular weight is 286 g/mol. The van der Waals surface area contributed by atoms with Crippen molar-refractivity contribution in [3.8, 4) is 0 Å². The topological polar surface area (TPSA) is 32.3 Å². The van der Waals surface area contributed by atoms with Crippen molar-refractivity contribution in [3.05, 3.63) is 35.9 Å². The van der Waals surface area contributed by atoms with E-state index in [1.54, 1.807) is 0 Å². The van der Waals surface area contributed by atoms with E-state index in [0.717, 1.165) is 19.4 Å². The predicted octanol–water partition coefficient (Wildman–Crippen LogP) is 3.69. The maximum atomic E-state index is 12.4. The van der Waals surface area contributed by atoms with Crippen molar-refractivity contribution >= 4 is 6.03 Å². The smallest absolute Gasteiger partial charge is 0.317 e. The second-order valence-corrected chi connectivity index (χ2v) is 6.71. The Morgan fingerprint density at radius 3 is 2.48 bits per heavy atom. The molecular formula is C18H26N2O. The van der Waals surface area contributed by atoms with Gasteiger partial charge in [0.25, 0.3) is 0 Å². The molecule has 114 valence electrons. The Labute approximate surface area is 127 Å². The van der Waals surface area contributed by atoms with Crippen molar-refractivity contribution in [1.82, 2.24) is 10.2 Å². The third-order valence-corrected chi connectivity index (χ3v) is 5.26. The van der Waals surface area contributed by atoms with Gasteiger partial charge in [-0.05, 0) is 31.2 Å². The fraction of sp³-hybridized carbons (Fsp3) is 0.611. The van der Waals surface area contributed by atoms with Gasteiger partial charge < -0.3 is 10.2 Å². The van der Waals surface area contributed by atoms with Crippen molar-refractivity contribution in [3.63, 3.8) is 0 Å². The van der Waals surface area contributed by atoms with Crippen molar-refractivity contribution in [2.75, 3.05) is 13.6 Å². The van der Waals surface area contributed by atoms with Crippen LogP contribution in [0.25, 0.3) is 0 Å². The summed E-state index contributed by atoms with van der Waals surface area (Å²) in [5.41, 5.74) is 1.57. The van der Waals surface area contributed by atoms with E-state index in [-0.39, 0.29) is 11.4 Å². The summed E-state index contributed by atoms with van der Waals surface area (Å²) in [7, 11) is 1.95. The Bertz CT molecular complexity index is 475. The van der Waals surface area contributed by atoms with Gasteiger partial charge in [0.15, 0.2) is 0 Å². The van der Waals surface area contributed by atoms with Crippen LogP contribution in [0, 0.1) is 0 Å². The highest BCUT2D eigenvalue weighted by atomic mass is 16.2. The van der Waals surface area contributed by atoms with E-state index in [1.807, 2.05) is 11.9 Å². The number of amides is 2. The van der Waals surface area contributed by atoms with Gasteiger partial charge in [0, 0.05) is 25.0 Å². The van der Waals surface area contributed by atoms with Gasteiger partial charge in [-0.15, -0.1) is 0 Å². The highest BCUT2D eigenvalue weighted by Gasteiger charge is 2.44. The van der Waals surface area contributed by atoms with Crippen LogP contribution in [0.4, 0.5) is 4.79 Å². The number of rotatable bonds is 4. The standard InChI is InChI=1S/C18H26N2O/c1-20(16-10-6-3-7-11-16)17(21)19-14-18(12-13-18)15-8-4-2-5-9-15/h2,4-5,8-9,16H,3,6-7,10-14H2,1H3,(H,19,21). The molecule has 0 unspecified atom stereocenters. The van der Waals surface area contributed by atoms with Crippen molar-refractivity contribution in [2.24, 2.45) is 0 Å². The molecule has 0 radical (unpaired) electrons. The van der Waals surface area contributed by atoms with Crippen LogP contribution >= 0.6 is 0 Å². The molecule has 1 N–H and O–H groups in total. The lowest BCUT2D eigenvalue weighted by Gasteiger charge is -2.31. The minimum atomic E-state index is 0.101. The second kappa shape index (κ2) is 6.08. The Kier molecular flexibility index (Phi) is 4.18. The molecule has 3 rings (SSSR count). The molecule has 0 atom stereocenters. The Morgan fingerprint density at radius 2 is 1.86 bits per heavy atom. The van der Waals surface area contributed by atoms with Gasteiger partial charge in [-0.1, -0.05) is 49.6 Å². The third-order valence-electron chi connectivity index (χ3n) is 5.26. The van der Waals surface area contributed by atoms with E-state index in [4.69, 9.17) is 0 Å². The van der Waals surface area contributed by atoms with Crippen LogP contribution in [0.15, 0.2) is 30.3 Å². The number of nitrogens with zero attached hydrogens (tertiary/aromatic N) is 1. The van der Waals surface area contributed by atoms with Crippen molar-refractivity contribution in [2.45, 2.75) is 56.4 Å². The first-order valence-corrected chi connectivity index (χ1v) is 8.27. The first-order chi connectivity index (χ1) is 10.2. The molecule has 21 heavy (non-hydrogen) atoms. The van der Waals surface area contributed by atoms with Crippen LogP contribution in [0.1, 0.15) is 50.5 Å². The van der Waals surface area contributed by atoms with Gasteiger partial charge in [0.2, 0.25) is 0 Å². The molecule has 2 aliphatic carbocycles. The van der Waals surface area contributed by atoms with Gasteiger partial charge in [-0.2, -0.15) is 0 Å². The summed E-state index contributed by atoms with van der Waals surface area (Å²) in [5.74, 6) is 0. The zero-order valence-corrected chi connectivity index (χ0v) is 13.0. The van der Waals surface area contributed by atoms with Crippen LogP contribution in [0.2, 0.25) is 0 Å². The molecule has 3 heteroatoms. The number of carbonyl (C=O) groups is 1. The second-order valence-electron chi connectivity index (χ2n) is 6.71. The molecule has 1 aromatic carbocycles. The zero-order valence-electron chi connectivity index (χ0n) is 13.0. The molecule has 0 aliphatic heterocycles. The maximum Gasteiger partial charge on any atom is 0.317 e. The lowest BCUT2D eigenvalue weighted by atomic mass is 9.94. The number of hydrogen-bond acceptors (Lipinski definition) is 1. The molecule has 0 bridgehead atoms. The summed E-state index contributed by atoms with van der Waals surface area (Å²) >= 11 is 0. The fourth-order valence-electron chi connectivity index (χ4n) is 3.51. The number of benzene rings is 1. The molecule has 3 nitrogen and oxygen atoms in total. The number of carbonyl (C=O) groups excluding carboxylic acids is 1. The number of urea groups is 1. The number of hydrogen-bond donors (Lipinski definition) is 1. The Morgan fingerprint density at radius 1 is 1.19 bits per heavy atom. The average Bonchev–Trinajstić information content (AvgIpc) is 3.35. The molecule has 0 aromatic heterocycles. The normalized spacial score (nSPS) is 20.8. The minimum Gasteiger partial charge on any atom is -0.337 e. The molecule has 2 saturated carbocycles. The van der Waals surface area contributed by atoms with Gasteiger partial charge in [-0.3, -0.25) is 0 Å². The third kappa shape index (κ3) is 3.22. The van der Waals surface area contributed by atoms with E-state index < -0.39 is 0 Å². The van der Waals surface area contributed by atoms with Crippen molar-refractivity contribution in [1.29, 1.82) is 0 Å². The first kappa shape index (κ1) is 14.4. The first-order valence-electron chi connectivity index (χ1n) is 8.27. The van der Waals surface area contributed by atoms with Crippen LogP contribution in [-0.4, -0.2) is 30.6 Å². The molecule has 2 aliphatic rings. The molecular weight excluding hydrogens is 260 g/mol. The van der Waals surface area contributed by atoms with E-state index in [9.17, 15) is 4.79 Å². The lowest BCUT2D eigenvalue weighted by Crippen LogP contribution is -2.46. The van der Waals surface area contributed by atoms with E-state index in [2.05, 4.69) is 35.6 Å². The summed E-state index contributed by atoms with van der Waals surface area (Å²) in [6.07, 6.45) is 8.53. The van der Waals surface area contributed by atoms with Gasteiger partial charge in [-0.25, -0.2) is 4.79 Å². The Balaban J connectivity index is 1.54. The molecule has 0 heterocycles. The van der Waals surface area contributed by atoms with E-state index >= 15 is 0 Å². The largest absolute Gasteiger partial charge is 0.337 e. The summed E-state index contributed by atoms with van der Waals surface area (Å²) in [6.45, 7) is 0.771. The fourth-order valence-corrected chi connectivity index (χ4v) is 3.51. The van der Waals surface area contributed by atoms with Gasteiger partial charge in [0.1, 0.15) is 0 Å². The summed E-state index contributed by atoms with van der Waals surface area (Å²) in [5, 5.41) is 3.17. The Hall–Kier alpha value is -1.51. The highest BCUT2D eigenvalue weighted by molar-refractivity contribution is 5.74. The predicted molar refractivity (Wildman–Crippen MR) is 85.4 cm³/mol. The van der Waals surface area contributed by atoms with Crippen LogP contribution in [0.3, 0.4) is 0 Å². The van der Waals surface area contributed by atoms with Crippen LogP contribution in [0.5, 0.6) is 0 Å². The summed E-state index contributed by atoms with van der Waals surface area (Å²) in [6, 6.07) is 11.1. The quantitative estimate of drug-likeness (QED) is 0.899. The van der Waals surface area contributed by atoms with Crippen LogP contribution in [-0.2, 0) is 5.41 Å². The highest BCUT2D eigenvalue weighted by Crippen LogP contribution is 2.47. The zero-order chi connectivity index (χ0) is 14.7. The van der Waals surface area contributed by atoms with E-state index in [0.29, 0.717) is 6.04 Å². The van der Waals surface area contributed by atoms with Crippen molar-refractivity contribution < 1.29 is 4.79 Å². The molecule has 2 fully saturated rings. The summed E-state index contributed by atoms with van der Waals surface area (Å²) < 4.78 is 0. The molecule has 1 aromatic rings. The van der Waals surface area contributed by atoms with E-state index in [1.165, 1.54) is 37.7 Å². The SMILES string of the molecule is CN(C(=O)NCC1(c2ccccc2)CC1)C1CCCCC1. The van der Waals surface area contributed by atoms with Crippen LogP contribution < -0.4 is 5.32 Å². The lowest BCUT2D eigenvalue weighted by molar-refractivity contribution is 0.173. The molecule has 2 amide bonds. The minimum absolute atomic E-state index is 0.101. The van der Waals surface area contributed by atoms with Gasteiger partial charge in [0.05, 0.1) is 0 Å².